The average molecular weight is 386 g/mol. The van der Waals surface area contributed by atoms with Crippen molar-refractivity contribution in [3.05, 3.63) is 30.1 Å². The Kier molecular flexibility index (Phi) is 7.25. The van der Waals surface area contributed by atoms with Gasteiger partial charge in [-0.1, -0.05) is 6.92 Å². The van der Waals surface area contributed by atoms with Crippen LogP contribution in [-0.2, 0) is 6.54 Å². The number of methoxy groups -OCH3 is 1. The summed E-state index contributed by atoms with van der Waals surface area (Å²) in [5.41, 5.74) is 0.943. The number of H-pyrrole nitrogens is 1. The topological polar surface area (TPSA) is 90.5 Å². The van der Waals surface area contributed by atoms with Crippen LogP contribution >= 0.6 is 0 Å². The number of benzene rings is 1. The average Bonchev–Trinajstić information content (AvgIpc) is 3.39. The zero-order valence-electron chi connectivity index (χ0n) is 17.0. The Morgan fingerprint density at radius 1 is 1.29 bits per heavy atom. The Morgan fingerprint density at radius 2 is 2.11 bits per heavy atom. The van der Waals surface area contributed by atoms with Gasteiger partial charge in [0.15, 0.2) is 11.8 Å². The summed E-state index contributed by atoms with van der Waals surface area (Å²) in [6, 6.07) is 8.28. The van der Waals surface area contributed by atoms with Gasteiger partial charge >= 0.3 is 0 Å². The van der Waals surface area contributed by atoms with Crippen molar-refractivity contribution in [3.63, 3.8) is 0 Å². The summed E-state index contributed by atoms with van der Waals surface area (Å²) >= 11 is 0. The molecule has 0 radical (unpaired) electrons. The summed E-state index contributed by atoms with van der Waals surface area (Å²) < 4.78 is 5.19. The molecule has 28 heavy (non-hydrogen) atoms. The summed E-state index contributed by atoms with van der Waals surface area (Å²) in [5.74, 6) is 3.02. The molecule has 1 aliphatic heterocycles. The van der Waals surface area contributed by atoms with Gasteiger partial charge in [-0.25, -0.2) is 9.98 Å². The molecule has 0 spiro atoms. The first-order valence-electron chi connectivity index (χ1n) is 10.1. The molecule has 3 N–H and O–H groups in total. The SMILES string of the molecule is CCNC(=NCc1nc(-c2ccc(OC)cc2)n[nH]1)NCC1CCCN1CC. The highest BCUT2D eigenvalue weighted by atomic mass is 16.5. The number of aliphatic imine (C=N–C) groups is 1. The number of hydrogen-bond acceptors (Lipinski definition) is 5. The number of nitrogens with one attached hydrogen (secondary N) is 3. The summed E-state index contributed by atoms with van der Waals surface area (Å²) in [7, 11) is 1.65. The molecule has 0 amide bonds. The second-order valence-electron chi connectivity index (χ2n) is 6.83. The number of likely N-dealkylation sites (tertiary alicyclic amines) is 1. The van der Waals surface area contributed by atoms with E-state index in [0.29, 0.717) is 18.4 Å². The van der Waals surface area contributed by atoms with Gasteiger partial charge in [-0.3, -0.25) is 10.00 Å². The van der Waals surface area contributed by atoms with E-state index in [4.69, 9.17) is 4.74 Å². The number of aromatic amines is 1. The minimum Gasteiger partial charge on any atom is -0.497 e. The lowest BCUT2D eigenvalue weighted by Crippen LogP contribution is -2.44. The number of likely N-dealkylation sites (N-methyl/N-ethyl adjacent to an activating group) is 1. The van der Waals surface area contributed by atoms with Gasteiger partial charge in [-0.15, -0.1) is 0 Å². The highest BCUT2D eigenvalue weighted by Gasteiger charge is 2.22. The summed E-state index contributed by atoms with van der Waals surface area (Å²) in [6.07, 6.45) is 2.52. The Bertz CT molecular complexity index is 756. The molecule has 1 unspecified atom stereocenters. The highest BCUT2D eigenvalue weighted by molar-refractivity contribution is 5.79. The van der Waals surface area contributed by atoms with Crippen LogP contribution in [0.25, 0.3) is 11.4 Å². The molecule has 0 saturated carbocycles. The highest BCUT2D eigenvalue weighted by Crippen LogP contribution is 2.19. The molecule has 8 nitrogen and oxygen atoms in total. The minimum atomic E-state index is 0.445. The van der Waals surface area contributed by atoms with Crippen LogP contribution in [0.3, 0.4) is 0 Å². The summed E-state index contributed by atoms with van der Waals surface area (Å²) in [4.78, 5) is 11.7. The maximum Gasteiger partial charge on any atom is 0.191 e. The monoisotopic (exact) mass is 385 g/mol. The van der Waals surface area contributed by atoms with Crippen LogP contribution in [0.2, 0.25) is 0 Å². The number of guanidine groups is 1. The molecule has 3 rings (SSSR count). The zero-order valence-corrected chi connectivity index (χ0v) is 17.0. The van der Waals surface area contributed by atoms with Crippen molar-refractivity contribution < 1.29 is 4.74 Å². The van der Waals surface area contributed by atoms with Crippen molar-refractivity contribution >= 4 is 5.96 Å². The Balaban J connectivity index is 1.58. The van der Waals surface area contributed by atoms with Gasteiger partial charge in [0.1, 0.15) is 18.1 Å². The molecule has 1 atom stereocenters. The summed E-state index contributed by atoms with van der Waals surface area (Å²) in [6.45, 7) is 8.77. The molecule has 1 aliphatic rings. The van der Waals surface area contributed by atoms with Crippen LogP contribution < -0.4 is 15.4 Å². The normalized spacial score (nSPS) is 17.7. The van der Waals surface area contributed by atoms with E-state index in [0.717, 1.165) is 42.7 Å². The Hall–Kier alpha value is -2.61. The zero-order chi connectivity index (χ0) is 19.8. The molecule has 1 saturated heterocycles. The first-order valence-corrected chi connectivity index (χ1v) is 10.1. The van der Waals surface area contributed by atoms with Gasteiger partial charge in [-0.2, -0.15) is 5.10 Å². The number of ether oxygens (including phenoxy) is 1. The number of aromatic nitrogens is 3. The molecule has 0 aliphatic carbocycles. The predicted molar refractivity (Wildman–Crippen MR) is 111 cm³/mol. The van der Waals surface area contributed by atoms with Crippen LogP contribution in [0.5, 0.6) is 5.75 Å². The van der Waals surface area contributed by atoms with E-state index in [1.165, 1.54) is 19.4 Å². The largest absolute Gasteiger partial charge is 0.497 e. The van der Waals surface area contributed by atoms with Gasteiger partial charge in [0.25, 0.3) is 0 Å². The van der Waals surface area contributed by atoms with E-state index in [9.17, 15) is 0 Å². The first-order chi connectivity index (χ1) is 13.7. The molecule has 1 aromatic heterocycles. The van der Waals surface area contributed by atoms with Gasteiger partial charge in [0, 0.05) is 24.7 Å². The quantitative estimate of drug-likeness (QED) is 0.476. The fourth-order valence-electron chi connectivity index (χ4n) is 3.49. The number of rotatable bonds is 8. The predicted octanol–water partition coefficient (Wildman–Crippen LogP) is 2.02. The first kappa shape index (κ1) is 20.1. The molecule has 152 valence electrons. The maximum absolute atomic E-state index is 5.19. The van der Waals surface area contributed by atoms with Crippen LogP contribution in [0.4, 0.5) is 0 Å². The van der Waals surface area contributed by atoms with E-state index < -0.39 is 0 Å². The lowest BCUT2D eigenvalue weighted by atomic mass is 10.2. The standard InChI is InChI=1S/C20H31N7O/c1-4-21-20(22-13-16-7-6-12-27(16)5-2)23-14-18-24-19(26-25-18)15-8-10-17(28-3)11-9-15/h8-11,16H,4-7,12-14H2,1-3H3,(H2,21,22,23)(H,24,25,26). The molecule has 2 aromatic rings. The van der Waals surface area contributed by atoms with E-state index in [-0.39, 0.29) is 0 Å². The minimum absolute atomic E-state index is 0.445. The van der Waals surface area contributed by atoms with Crippen molar-refractivity contribution in [2.75, 3.05) is 33.3 Å². The fraction of sp³-hybridized carbons (Fsp3) is 0.550. The van der Waals surface area contributed by atoms with Crippen LogP contribution in [0.1, 0.15) is 32.5 Å². The number of hydrogen-bond donors (Lipinski definition) is 3. The van der Waals surface area contributed by atoms with Crippen molar-refractivity contribution in [1.29, 1.82) is 0 Å². The fourth-order valence-corrected chi connectivity index (χ4v) is 3.49. The lowest BCUT2D eigenvalue weighted by Gasteiger charge is -2.23. The van der Waals surface area contributed by atoms with E-state index in [1.807, 2.05) is 24.3 Å². The van der Waals surface area contributed by atoms with E-state index in [1.54, 1.807) is 7.11 Å². The van der Waals surface area contributed by atoms with Gasteiger partial charge < -0.3 is 15.4 Å². The van der Waals surface area contributed by atoms with Gasteiger partial charge in [-0.05, 0) is 57.1 Å². The van der Waals surface area contributed by atoms with Gasteiger partial charge in [0.2, 0.25) is 0 Å². The summed E-state index contributed by atoms with van der Waals surface area (Å²) in [5, 5.41) is 14.1. The Morgan fingerprint density at radius 3 is 2.82 bits per heavy atom. The third kappa shape index (κ3) is 5.22. The Labute approximate surface area is 166 Å². The van der Waals surface area contributed by atoms with Gasteiger partial charge in [0.05, 0.1) is 7.11 Å². The molecule has 0 bridgehead atoms. The lowest BCUT2D eigenvalue weighted by molar-refractivity contribution is 0.267. The van der Waals surface area contributed by atoms with Crippen LogP contribution in [0.15, 0.2) is 29.3 Å². The van der Waals surface area contributed by atoms with Crippen molar-refractivity contribution in [2.24, 2.45) is 4.99 Å². The smallest absolute Gasteiger partial charge is 0.191 e. The van der Waals surface area contributed by atoms with Crippen molar-refractivity contribution in [1.82, 2.24) is 30.7 Å². The molecule has 2 heterocycles. The molecule has 1 aromatic carbocycles. The third-order valence-electron chi connectivity index (χ3n) is 5.02. The van der Waals surface area contributed by atoms with Crippen molar-refractivity contribution in [3.8, 4) is 17.1 Å². The maximum atomic E-state index is 5.19. The molecule has 1 fully saturated rings. The third-order valence-corrected chi connectivity index (χ3v) is 5.02. The second-order valence-corrected chi connectivity index (χ2v) is 6.83. The molecular formula is C20H31N7O. The molecule has 8 heteroatoms. The van der Waals surface area contributed by atoms with Crippen LogP contribution in [-0.4, -0.2) is 65.4 Å². The molecular weight excluding hydrogens is 354 g/mol. The van der Waals surface area contributed by atoms with Crippen molar-refractivity contribution in [2.45, 2.75) is 39.3 Å². The van der Waals surface area contributed by atoms with Crippen LogP contribution in [0, 0.1) is 0 Å². The second kappa shape index (κ2) is 10.1. The van der Waals surface area contributed by atoms with E-state index in [2.05, 4.69) is 49.6 Å². The van der Waals surface area contributed by atoms with E-state index >= 15 is 0 Å². The number of nitrogens with zero attached hydrogens (tertiary/aromatic N) is 4.